The van der Waals surface area contributed by atoms with Crippen molar-refractivity contribution in [1.82, 2.24) is 24.8 Å². The first-order valence-corrected chi connectivity index (χ1v) is 17.3. The fraction of sp³-hybridized carbons (Fsp3) is 0.487. The Labute approximate surface area is 289 Å². The summed E-state index contributed by atoms with van der Waals surface area (Å²) in [6.07, 6.45) is 2.82. The number of rotatable bonds is 14. The van der Waals surface area contributed by atoms with Crippen molar-refractivity contribution in [3.05, 3.63) is 69.3 Å². The Bertz CT molecular complexity index is 1890. The average molecular weight is 670 g/mol. The van der Waals surface area contributed by atoms with Crippen LogP contribution in [-0.2, 0) is 19.0 Å². The second kappa shape index (κ2) is 16.1. The molecule has 0 fully saturated rings. The standard InChI is InChI=1S/C39H51N5O5/c1-9-28-24(3)34-21-37-30(22-45)26(5)33(42-37)20-35-25(4)29(10-11-38(46)44(7)12-13-48-16-17-49-15-14-47-8)39(43-35)27(6)32-18-23(2)31(40-32)19-36(28)41-34/h18-22,25,29,40,42H,9-17H2,1-8H3/t25-,29-/m0/s1. The van der Waals surface area contributed by atoms with Crippen molar-refractivity contribution in [1.29, 1.82) is 0 Å². The molecule has 8 bridgehead atoms. The second-order valence-electron chi connectivity index (χ2n) is 13.2. The van der Waals surface area contributed by atoms with E-state index < -0.39 is 0 Å². The van der Waals surface area contributed by atoms with E-state index in [9.17, 15) is 9.59 Å². The number of hydrogen-bond donors (Lipinski definition) is 2. The number of methoxy groups -OCH3 is 1. The van der Waals surface area contributed by atoms with Crippen molar-refractivity contribution in [3.63, 3.8) is 0 Å². The molecule has 2 N–H and O–H groups in total. The van der Waals surface area contributed by atoms with E-state index in [0.29, 0.717) is 58.0 Å². The predicted octanol–water partition coefficient (Wildman–Crippen LogP) is 7.20. The molecule has 0 aliphatic carbocycles. The van der Waals surface area contributed by atoms with Crippen LogP contribution in [0.25, 0.3) is 33.2 Å². The molecule has 0 saturated heterocycles. The number of nitrogens with zero attached hydrogens (tertiary/aromatic N) is 3. The number of aryl methyl sites for hydroxylation is 3. The number of hydrogen-bond acceptors (Lipinski definition) is 7. The van der Waals surface area contributed by atoms with Crippen LogP contribution in [0.4, 0.5) is 0 Å². The molecule has 2 aliphatic heterocycles. The second-order valence-corrected chi connectivity index (χ2v) is 13.2. The summed E-state index contributed by atoms with van der Waals surface area (Å²) in [5.41, 5.74) is 13.3. The van der Waals surface area contributed by atoms with E-state index in [0.717, 1.165) is 79.8 Å². The van der Waals surface area contributed by atoms with Gasteiger partial charge in [0.15, 0.2) is 6.29 Å². The molecule has 0 aromatic carbocycles. The van der Waals surface area contributed by atoms with E-state index in [4.69, 9.17) is 24.2 Å². The highest BCUT2D eigenvalue weighted by molar-refractivity contribution is 5.96. The van der Waals surface area contributed by atoms with Gasteiger partial charge in [-0.1, -0.05) is 13.8 Å². The van der Waals surface area contributed by atoms with E-state index in [-0.39, 0.29) is 17.7 Å². The third-order valence-corrected chi connectivity index (χ3v) is 10.1. The topological polar surface area (TPSA) is 122 Å². The monoisotopic (exact) mass is 669 g/mol. The number of nitrogens with one attached hydrogen (secondary N) is 2. The minimum Gasteiger partial charge on any atom is -0.382 e. The molecule has 0 unspecified atom stereocenters. The van der Waals surface area contributed by atoms with E-state index in [1.807, 2.05) is 20.0 Å². The van der Waals surface area contributed by atoms with E-state index in [1.165, 1.54) is 5.57 Å². The number of H-pyrrole nitrogens is 2. The summed E-state index contributed by atoms with van der Waals surface area (Å²) >= 11 is 0. The van der Waals surface area contributed by atoms with Crippen LogP contribution in [-0.4, -0.2) is 90.8 Å². The summed E-state index contributed by atoms with van der Waals surface area (Å²) in [6.45, 7) is 15.6. The summed E-state index contributed by atoms with van der Waals surface area (Å²) in [7, 11) is 3.47. The normalized spacial score (nSPS) is 16.0. The van der Waals surface area contributed by atoms with Gasteiger partial charge in [0.1, 0.15) is 0 Å². The highest BCUT2D eigenvalue weighted by atomic mass is 16.5. The van der Waals surface area contributed by atoms with Gasteiger partial charge in [-0.25, -0.2) is 4.98 Å². The van der Waals surface area contributed by atoms with Crippen LogP contribution in [0.15, 0.2) is 24.3 Å². The molecule has 1 amide bonds. The van der Waals surface area contributed by atoms with Crippen molar-refractivity contribution in [2.45, 2.75) is 72.6 Å². The lowest BCUT2D eigenvalue weighted by molar-refractivity contribution is -0.130. The lowest BCUT2D eigenvalue weighted by Gasteiger charge is -2.20. The van der Waals surface area contributed by atoms with E-state index in [2.05, 4.69) is 62.8 Å². The van der Waals surface area contributed by atoms with Crippen molar-refractivity contribution in [2.75, 3.05) is 53.7 Å². The van der Waals surface area contributed by atoms with Crippen LogP contribution < -0.4 is 0 Å². The molecule has 0 radical (unpaired) electrons. The Hall–Kier alpha value is -4.12. The fourth-order valence-corrected chi connectivity index (χ4v) is 6.82. The van der Waals surface area contributed by atoms with Crippen molar-refractivity contribution < 1.29 is 23.8 Å². The maximum atomic E-state index is 13.3. The minimum absolute atomic E-state index is 0.0379. The molecule has 3 aromatic heterocycles. The fourth-order valence-electron chi connectivity index (χ4n) is 6.82. The minimum atomic E-state index is 0.0379. The maximum Gasteiger partial charge on any atom is 0.222 e. The molecule has 2 aliphatic rings. The zero-order chi connectivity index (χ0) is 35.2. The molecule has 10 nitrogen and oxygen atoms in total. The zero-order valence-electron chi connectivity index (χ0n) is 30.3. The number of amides is 1. The van der Waals surface area contributed by atoms with Gasteiger partial charge in [-0.2, -0.15) is 0 Å². The Morgan fingerprint density at radius 2 is 1.55 bits per heavy atom. The Morgan fingerprint density at radius 3 is 2.27 bits per heavy atom. The van der Waals surface area contributed by atoms with Crippen molar-refractivity contribution in [3.8, 4) is 0 Å². The lowest BCUT2D eigenvalue weighted by Crippen LogP contribution is -2.30. The predicted molar refractivity (Wildman–Crippen MR) is 195 cm³/mol. The van der Waals surface area contributed by atoms with Crippen LogP contribution in [0.2, 0.25) is 0 Å². The van der Waals surface area contributed by atoms with Crippen LogP contribution >= 0.6 is 0 Å². The highest BCUT2D eigenvalue weighted by Gasteiger charge is 2.31. The van der Waals surface area contributed by atoms with Gasteiger partial charge in [-0.15, -0.1) is 0 Å². The van der Waals surface area contributed by atoms with Gasteiger partial charge in [0.2, 0.25) is 5.91 Å². The maximum absolute atomic E-state index is 13.3. The Balaban J connectivity index is 1.49. The highest BCUT2D eigenvalue weighted by Crippen LogP contribution is 2.42. The van der Waals surface area contributed by atoms with Crippen molar-refractivity contribution >= 4 is 45.4 Å². The average Bonchev–Trinajstić information content (AvgIpc) is 3.79. The number of fused-ring (bicyclic) bond motifs is 8. The quantitative estimate of drug-likeness (QED) is 0.138. The molecular formula is C39H51N5O5. The van der Waals surface area contributed by atoms with Gasteiger partial charge in [-0.3, -0.25) is 14.6 Å². The summed E-state index contributed by atoms with van der Waals surface area (Å²) in [5.74, 6) is 0.174. The van der Waals surface area contributed by atoms with Gasteiger partial charge in [0, 0.05) is 72.5 Å². The third-order valence-electron chi connectivity index (χ3n) is 10.1. The lowest BCUT2D eigenvalue weighted by atomic mass is 9.86. The first-order chi connectivity index (χ1) is 23.6. The molecule has 5 heterocycles. The first-order valence-electron chi connectivity index (χ1n) is 17.3. The van der Waals surface area contributed by atoms with Gasteiger partial charge >= 0.3 is 0 Å². The van der Waals surface area contributed by atoms with Gasteiger partial charge < -0.3 is 29.1 Å². The molecule has 5 rings (SSSR count). The first kappa shape index (κ1) is 36.2. The summed E-state index contributed by atoms with van der Waals surface area (Å²) < 4.78 is 16.1. The molecule has 262 valence electrons. The molecule has 2 atom stereocenters. The van der Waals surface area contributed by atoms with Gasteiger partial charge in [0.25, 0.3) is 0 Å². The Morgan fingerprint density at radius 1 is 0.878 bits per heavy atom. The molecule has 49 heavy (non-hydrogen) atoms. The summed E-state index contributed by atoms with van der Waals surface area (Å²) in [6, 6.07) is 8.36. The number of carbonyl (C=O) groups is 2. The van der Waals surface area contributed by atoms with E-state index in [1.54, 1.807) is 12.0 Å². The summed E-state index contributed by atoms with van der Waals surface area (Å²) in [5, 5.41) is 0. The Kier molecular flexibility index (Phi) is 11.9. The number of aromatic amines is 2. The molecule has 0 spiro atoms. The van der Waals surface area contributed by atoms with E-state index >= 15 is 0 Å². The number of carbonyl (C=O) groups excluding carboxylic acids is 2. The van der Waals surface area contributed by atoms with Crippen LogP contribution in [0.5, 0.6) is 0 Å². The molecule has 0 saturated carbocycles. The third kappa shape index (κ3) is 7.87. The molecular weight excluding hydrogens is 618 g/mol. The van der Waals surface area contributed by atoms with Crippen molar-refractivity contribution in [2.24, 2.45) is 0 Å². The van der Waals surface area contributed by atoms with Crippen LogP contribution in [0, 0.1) is 20.8 Å². The number of aromatic nitrogens is 4. The number of aldehydes is 1. The smallest absolute Gasteiger partial charge is 0.222 e. The zero-order valence-corrected chi connectivity index (χ0v) is 30.3. The molecule has 10 heteroatoms. The number of allylic oxidation sites excluding steroid dienone is 2. The van der Waals surface area contributed by atoms with Crippen LogP contribution in [0.3, 0.4) is 0 Å². The number of likely N-dealkylation sites (N-methyl/N-ethyl adjacent to an activating group) is 1. The largest absolute Gasteiger partial charge is 0.382 e. The number of ether oxygens (including phenoxy) is 3. The SMILES string of the molecule is CCC1=C(C)c2cc3[nH]c(cc4nc(c(C)c5cc(C)c(cc1n2)[nH]5)[C@@H](CCC(=O)N(C)CCOCCOCCOC)[C@@H]4C)c(C)c3C=O. The molecule has 3 aromatic rings. The van der Waals surface area contributed by atoms with Crippen LogP contribution in [0.1, 0.15) is 102 Å². The summed E-state index contributed by atoms with van der Waals surface area (Å²) in [4.78, 5) is 44.8. The van der Waals surface area contributed by atoms with Gasteiger partial charge in [-0.05, 0) is 92.6 Å². The van der Waals surface area contributed by atoms with Gasteiger partial charge in [0.05, 0.1) is 49.9 Å².